The van der Waals surface area contributed by atoms with Crippen LogP contribution in [0, 0.1) is 5.92 Å². The van der Waals surface area contributed by atoms with Crippen LogP contribution in [-0.4, -0.2) is 5.91 Å². The lowest BCUT2D eigenvalue weighted by Crippen LogP contribution is -2.14. The highest BCUT2D eigenvalue weighted by molar-refractivity contribution is 5.81. The molecule has 86 valence electrons. The summed E-state index contributed by atoms with van der Waals surface area (Å²) in [7, 11) is 0. The van der Waals surface area contributed by atoms with E-state index in [9.17, 15) is 4.79 Å². The maximum atomic E-state index is 11.0. The number of benzene rings is 1. The average molecular weight is 217 g/mol. The molecule has 1 saturated carbocycles. The summed E-state index contributed by atoms with van der Waals surface area (Å²) < 4.78 is 0. The molecule has 1 aromatic carbocycles. The fraction of sp³-hybridized carbons (Fsp3) is 0.500. The van der Waals surface area contributed by atoms with Crippen molar-refractivity contribution in [3.05, 3.63) is 35.4 Å². The zero-order valence-electron chi connectivity index (χ0n) is 10.2. The van der Waals surface area contributed by atoms with Crippen LogP contribution in [0.3, 0.4) is 0 Å². The van der Waals surface area contributed by atoms with Gasteiger partial charge in [0.1, 0.15) is 0 Å². The van der Waals surface area contributed by atoms with Crippen molar-refractivity contribution in [3.8, 4) is 0 Å². The summed E-state index contributed by atoms with van der Waals surface area (Å²) in [6, 6.07) is 8.58. The number of hydrogen-bond donors (Lipinski definition) is 1. The first-order chi connectivity index (χ1) is 7.39. The minimum Gasteiger partial charge on any atom is -0.369 e. The number of hydrogen-bond acceptors (Lipinski definition) is 1. The first kappa shape index (κ1) is 11.2. The quantitative estimate of drug-likeness (QED) is 0.813. The summed E-state index contributed by atoms with van der Waals surface area (Å²) in [6.07, 6.45) is 0.921. The van der Waals surface area contributed by atoms with Crippen molar-refractivity contribution in [2.75, 3.05) is 0 Å². The number of carbonyl (C=O) groups excluding carboxylic acids is 1. The topological polar surface area (TPSA) is 43.1 Å². The van der Waals surface area contributed by atoms with Gasteiger partial charge in [0.2, 0.25) is 5.91 Å². The molecule has 0 aromatic heterocycles. The first-order valence-electron chi connectivity index (χ1n) is 5.79. The van der Waals surface area contributed by atoms with E-state index in [2.05, 4.69) is 45.0 Å². The molecule has 0 heterocycles. The van der Waals surface area contributed by atoms with Crippen molar-refractivity contribution in [1.29, 1.82) is 0 Å². The highest BCUT2D eigenvalue weighted by Gasteiger charge is 2.42. The third-order valence-corrected chi connectivity index (χ3v) is 3.36. The molecule has 2 N–H and O–H groups in total. The van der Waals surface area contributed by atoms with Gasteiger partial charge in [-0.3, -0.25) is 4.79 Å². The number of rotatable bonds is 2. The molecule has 2 rings (SSSR count). The van der Waals surface area contributed by atoms with E-state index < -0.39 is 0 Å². The molecule has 1 aromatic rings. The summed E-state index contributed by atoms with van der Waals surface area (Å²) in [5.74, 6) is 0.275. The number of primary amides is 1. The SMILES string of the molecule is CC(C)(C)c1ccc(C2CC2C(N)=O)cc1. The van der Waals surface area contributed by atoms with Crippen LogP contribution in [0.4, 0.5) is 0 Å². The predicted octanol–water partition coefficient (Wildman–Crippen LogP) is 2.57. The van der Waals surface area contributed by atoms with E-state index in [4.69, 9.17) is 5.73 Å². The molecule has 0 saturated heterocycles. The van der Waals surface area contributed by atoms with E-state index in [0.717, 1.165) is 6.42 Å². The largest absolute Gasteiger partial charge is 0.369 e. The Morgan fingerprint density at radius 2 is 1.81 bits per heavy atom. The summed E-state index contributed by atoms with van der Waals surface area (Å²) in [6.45, 7) is 6.60. The minimum atomic E-state index is -0.162. The monoisotopic (exact) mass is 217 g/mol. The number of nitrogens with two attached hydrogens (primary N) is 1. The standard InChI is InChI=1S/C14H19NO/c1-14(2,3)10-6-4-9(5-7-10)11-8-12(11)13(15)16/h4-7,11-12H,8H2,1-3H3,(H2,15,16). The average Bonchev–Trinajstić information content (AvgIpc) is 2.96. The highest BCUT2D eigenvalue weighted by Crippen LogP contribution is 2.47. The Morgan fingerprint density at radius 1 is 1.25 bits per heavy atom. The molecule has 1 fully saturated rings. The number of amides is 1. The van der Waals surface area contributed by atoms with Gasteiger partial charge in [0.15, 0.2) is 0 Å². The highest BCUT2D eigenvalue weighted by atomic mass is 16.1. The Balaban J connectivity index is 2.13. The van der Waals surface area contributed by atoms with Gasteiger partial charge in [0.05, 0.1) is 0 Å². The van der Waals surface area contributed by atoms with Crippen LogP contribution in [-0.2, 0) is 10.2 Å². The van der Waals surface area contributed by atoms with E-state index >= 15 is 0 Å². The van der Waals surface area contributed by atoms with E-state index in [0.29, 0.717) is 5.92 Å². The molecular formula is C14H19NO. The molecule has 1 aliphatic carbocycles. The molecule has 16 heavy (non-hydrogen) atoms. The van der Waals surface area contributed by atoms with E-state index in [1.165, 1.54) is 11.1 Å². The van der Waals surface area contributed by atoms with Crippen molar-refractivity contribution in [2.45, 2.75) is 38.5 Å². The van der Waals surface area contributed by atoms with E-state index in [1.807, 2.05) is 0 Å². The van der Waals surface area contributed by atoms with Crippen LogP contribution in [0.1, 0.15) is 44.2 Å². The van der Waals surface area contributed by atoms with Crippen LogP contribution in [0.2, 0.25) is 0 Å². The molecule has 0 aliphatic heterocycles. The minimum absolute atomic E-state index is 0.0699. The summed E-state index contributed by atoms with van der Waals surface area (Å²) in [5.41, 5.74) is 8.04. The van der Waals surface area contributed by atoms with E-state index in [1.54, 1.807) is 0 Å². The third-order valence-electron chi connectivity index (χ3n) is 3.36. The molecule has 2 atom stereocenters. The number of carbonyl (C=O) groups is 1. The normalized spacial score (nSPS) is 24.2. The van der Waals surface area contributed by atoms with Crippen molar-refractivity contribution in [1.82, 2.24) is 0 Å². The van der Waals surface area contributed by atoms with Gasteiger partial charge in [-0.05, 0) is 28.9 Å². The lowest BCUT2D eigenvalue weighted by atomic mass is 9.86. The lowest BCUT2D eigenvalue weighted by molar-refractivity contribution is -0.119. The Morgan fingerprint density at radius 3 is 2.19 bits per heavy atom. The Bertz CT molecular complexity index is 400. The van der Waals surface area contributed by atoms with Crippen molar-refractivity contribution in [3.63, 3.8) is 0 Å². The van der Waals surface area contributed by atoms with Crippen LogP contribution in [0.15, 0.2) is 24.3 Å². The molecule has 1 amide bonds. The molecular weight excluding hydrogens is 198 g/mol. The lowest BCUT2D eigenvalue weighted by Gasteiger charge is -2.19. The van der Waals surface area contributed by atoms with Crippen LogP contribution < -0.4 is 5.73 Å². The molecule has 1 aliphatic rings. The Labute approximate surface area is 96.8 Å². The second kappa shape index (κ2) is 3.62. The summed E-state index contributed by atoms with van der Waals surface area (Å²) in [5, 5.41) is 0. The van der Waals surface area contributed by atoms with Gasteiger partial charge >= 0.3 is 0 Å². The maximum absolute atomic E-state index is 11.0. The van der Waals surface area contributed by atoms with Gasteiger partial charge < -0.3 is 5.73 Å². The summed E-state index contributed by atoms with van der Waals surface area (Å²) >= 11 is 0. The van der Waals surface area contributed by atoms with Gasteiger partial charge in [0, 0.05) is 5.92 Å². The zero-order chi connectivity index (χ0) is 11.9. The second-order valence-electron chi connectivity index (χ2n) is 5.72. The van der Waals surface area contributed by atoms with Gasteiger partial charge in [-0.1, -0.05) is 45.0 Å². The van der Waals surface area contributed by atoms with Crippen LogP contribution >= 0.6 is 0 Å². The van der Waals surface area contributed by atoms with Crippen molar-refractivity contribution in [2.24, 2.45) is 11.7 Å². The molecule has 0 bridgehead atoms. The molecule has 0 radical (unpaired) electrons. The first-order valence-corrected chi connectivity index (χ1v) is 5.79. The van der Waals surface area contributed by atoms with E-state index in [-0.39, 0.29) is 17.2 Å². The zero-order valence-corrected chi connectivity index (χ0v) is 10.2. The molecule has 0 spiro atoms. The third kappa shape index (κ3) is 2.11. The molecule has 2 heteroatoms. The molecule has 2 unspecified atom stereocenters. The van der Waals surface area contributed by atoms with Gasteiger partial charge in [-0.25, -0.2) is 0 Å². The smallest absolute Gasteiger partial charge is 0.221 e. The van der Waals surface area contributed by atoms with Gasteiger partial charge in [0.25, 0.3) is 0 Å². The van der Waals surface area contributed by atoms with Crippen molar-refractivity contribution < 1.29 is 4.79 Å². The van der Waals surface area contributed by atoms with Gasteiger partial charge in [-0.2, -0.15) is 0 Å². The van der Waals surface area contributed by atoms with Crippen LogP contribution in [0.25, 0.3) is 0 Å². The fourth-order valence-corrected chi connectivity index (χ4v) is 2.11. The predicted molar refractivity (Wildman–Crippen MR) is 65.2 cm³/mol. The van der Waals surface area contributed by atoms with Gasteiger partial charge in [-0.15, -0.1) is 0 Å². The van der Waals surface area contributed by atoms with Crippen LogP contribution in [0.5, 0.6) is 0 Å². The Kier molecular flexibility index (Phi) is 2.53. The second-order valence-corrected chi connectivity index (χ2v) is 5.72. The maximum Gasteiger partial charge on any atom is 0.221 e. The molecule has 2 nitrogen and oxygen atoms in total. The Hall–Kier alpha value is -1.31. The fourth-order valence-electron chi connectivity index (χ4n) is 2.11. The summed E-state index contributed by atoms with van der Waals surface area (Å²) in [4.78, 5) is 11.0. The van der Waals surface area contributed by atoms with Crippen molar-refractivity contribution >= 4 is 5.91 Å².